The quantitative estimate of drug-likeness (QED) is 0.823. The first-order valence-electron chi connectivity index (χ1n) is 7.32. The van der Waals surface area contributed by atoms with Crippen molar-refractivity contribution in [2.75, 3.05) is 33.3 Å². The highest BCUT2D eigenvalue weighted by molar-refractivity contribution is 7.09. The summed E-state index contributed by atoms with van der Waals surface area (Å²) in [5.74, 6) is 0. The highest BCUT2D eigenvalue weighted by atomic mass is 32.1. The molecular formula is C14H24N4O2S. The van der Waals surface area contributed by atoms with E-state index < -0.39 is 0 Å². The lowest BCUT2D eigenvalue weighted by atomic mass is 10.2. The summed E-state index contributed by atoms with van der Waals surface area (Å²) in [6.45, 7) is 7.24. The van der Waals surface area contributed by atoms with E-state index in [2.05, 4.69) is 20.5 Å². The SMILES string of the molecule is CCNC(=O)N[C@H]1CN(CCc2scnc2C)C[C@@H]1OC. The van der Waals surface area contributed by atoms with Gasteiger partial charge in [-0.2, -0.15) is 0 Å². The van der Waals surface area contributed by atoms with E-state index >= 15 is 0 Å². The van der Waals surface area contributed by atoms with E-state index in [4.69, 9.17) is 4.74 Å². The molecule has 0 bridgehead atoms. The van der Waals surface area contributed by atoms with Crippen LogP contribution in [0.4, 0.5) is 4.79 Å². The smallest absolute Gasteiger partial charge is 0.315 e. The predicted octanol–water partition coefficient (Wildman–Crippen LogP) is 1.01. The number of rotatable bonds is 6. The molecule has 2 heterocycles. The van der Waals surface area contributed by atoms with Gasteiger partial charge < -0.3 is 15.4 Å². The van der Waals surface area contributed by atoms with E-state index in [0.29, 0.717) is 6.54 Å². The molecule has 1 aromatic heterocycles. The Morgan fingerprint density at radius 2 is 2.38 bits per heavy atom. The van der Waals surface area contributed by atoms with Crippen LogP contribution < -0.4 is 10.6 Å². The zero-order valence-electron chi connectivity index (χ0n) is 12.9. The minimum Gasteiger partial charge on any atom is -0.378 e. The molecule has 0 spiro atoms. The van der Waals surface area contributed by atoms with Gasteiger partial charge in [0.25, 0.3) is 0 Å². The first-order valence-corrected chi connectivity index (χ1v) is 8.20. The average Bonchev–Trinajstić information content (AvgIpc) is 3.03. The van der Waals surface area contributed by atoms with Crippen LogP contribution in [0.15, 0.2) is 5.51 Å². The van der Waals surface area contributed by atoms with Crippen molar-refractivity contribution in [2.24, 2.45) is 0 Å². The van der Waals surface area contributed by atoms with Crippen LogP contribution in [-0.4, -0.2) is 61.3 Å². The summed E-state index contributed by atoms with van der Waals surface area (Å²) in [5.41, 5.74) is 3.02. The second kappa shape index (κ2) is 7.72. The topological polar surface area (TPSA) is 66.5 Å². The number of carbonyl (C=O) groups is 1. The number of nitrogens with one attached hydrogen (secondary N) is 2. The van der Waals surface area contributed by atoms with Crippen molar-refractivity contribution < 1.29 is 9.53 Å². The van der Waals surface area contributed by atoms with Gasteiger partial charge in [-0.25, -0.2) is 9.78 Å². The standard InChI is InChI=1S/C14H24N4O2S/c1-4-15-14(19)17-11-7-18(8-12(11)20-3)6-5-13-10(2)16-9-21-13/h9,11-12H,4-8H2,1-3H3,(H2,15,17,19)/t11-,12-/m0/s1. The van der Waals surface area contributed by atoms with Crippen molar-refractivity contribution in [1.82, 2.24) is 20.5 Å². The second-order valence-electron chi connectivity index (χ2n) is 5.25. The molecule has 2 N–H and O–H groups in total. The lowest BCUT2D eigenvalue weighted by Crippen LogP contribution is -2.48. The van der Waals surface area contributed by atoms with Crippen LogP contribution in [0.25, 0.3) is 0 Å². The molecule has 118 valence electrons. The number of hydrogen-bond acceptors (Lipinski definition) is 5. The Hall–Kier alpha value is -1.18. The largest absolute Gasteiger partial charge is 0.378 e. The van der Waals surface area contributed by atoms with Crippen molar-refractivity contribution in [3.05, 3.63) is 16.1 Å². The van der Waals surface area contributed by atoms with Crippen LogP contribution in [0, 0.1) is 6.92 Å². The summed E-state index contributed by atoms with van der Waals surface area (Å²) < 4.78 is 5.50. The van der Waals surface area contributed by atoms with E-state index in [-0.39, 0.29) is 18.2 Å². The number of hydrogen-bond donors (Lipinski definition) is 2. The van der Waals surface area contributed by atoms with Gasteiger partial charge in [0.1, 0.15) is 0 Å². The molecule has 0 radical (unpaired) electrons. The van der Waals surface area contributed by atoms with Crippen LogP contribution in [0.1, 0.15) is 17.5 Å². The lowest BCUT2D eigenvalue weighted by molar-refractivity contribution is 0.0917. The van der Waals surface area contributed by atoms with Gasteiger partial charge in [-0.05, 0) is 20.3 Å². The maximum absolute atomic E-state index is 11.7. The molecule has 0 saturated carbocycles. The third kappa shape index (κ3) is 4.39. The number of aryl methyl sites for hydroxylation is 1. The molecular weight excluding hydrogens is 288 g/mol. The Labute approximate surface area is 129 Å². The number of nitrogens with zero attached hydrogens (tertiary/aromatic N) is 2. The molecule has 0 aliphatic carbocycles. The Balaban J connectivity index is 1.83. The number of thiazole rings is 1. The number of carbonyl (C=O) groups excluding carboxylic acids is 1. The number of aromatic nitrogens is 1. The number of likely N-dealkylation sites (tertiary alicyclic amines) is 1. The van der Waals surface area contributed by atoms with Crippen molar-refractivity contribution in [3.63, 3.8) is 0 Å². The summed E-state index contributed by atoms with van der Waals surface area (Å²) in [7, 11) is 1.70. The van der Waals surface area contributed by atoms with Gasteiger partial charge in [0, 0.05) is 38.2 Å². The molecule has 1 fully saturated rings. The zero-order valence-corrected chi connectivity index (χ0v) is 13.7. The van der Waals surface area contributed by atoms with Crippen molar-refractivity contribution in [2.45, 2.75) is 32.4 Å². The maximum atomic E-state index is 11.7. The van der Waals surface area contributed by atoms with Crippen LogP contribution in [0.2, 0.25) is 0 Å². The van der Waals surface area contributed by atoms with Crippen molar-refractivity contribution in [1.29, 1.82) is 0 Å². The monoisotopic (exact) mass is 312 g/mol. The first kappa shape index (κ1) is 16.2. The number of urea groups is 1. The number of amides is 2. The van der Waals surface area contributed by atoms with Crippen LogP contribution in [0.3, 0.4) is 0 Å². The normalized spacial score (nSPS) is 22.4. The molecule has 1 aromatic rings. The molecule has 1 aliphatic rings. The number of methoxy groups -OCH3 is 1. The summed E-state index contributed by atoms with van der Waals surface area (Å²) >= 11 is 1.71. The third-order valence-electron chi connectivity index (χ3n) is 3.80. The van der Waals surface area contributed by atoms with Gasteiger partial charge in [0.15, 0.2) is 0 Å². The minimum atomic E-state index is -0.121. The van der Waals surface area contributed by atoms with E-state index in [9.17, 15) is 4.79 Å². The molecule has 1 aliphatic heterocycles. The summed E-state index contributed by atoms with van der Waals surface area (Å²) in [5, 5.41) is 5.75. The van der Waals surface area contributed by atoms with Gasteiger partial charge >= 0.3 is 6.03 Å². The average molecular weight is 312 g/mol. The van der Waals surface area contributed by atoms with E-state index in [1.165, 1.54) is 4.88 Å². The van der Waals surface area contributed by atoms with Crippen molar-refractivity contribution in [3.8, 4) is 0 Å². The summed E-state index contributed by atoms with van der Waals surface area (Å²) in [6.07, 6.45) is 1.05. The zero-order chi connectivity index (χ0) is 15.2. The highest BCUT2D eigenvalue weighted by Gasteiger charge is 2.33. The molecule has 0 aromatic carbocycles. The fourth-order valence-corrected chi connectivity index (χ4v) is 3.39. The van der Waals surface area contributed by atoms with E-state index in [1.807, 2.05) is 19.4 Å². The molecule has 1 saturated heterocycles. The Kier molecular flexibility index (Phi) is 5.96. The van der Waals surface area contributed by atoms with Gasteiger partial charge in [-0.1, -0.05) is 0 Å². The Morgan fingerprint density at radius 1 is 1.57 bits per heavy atom. The molecule has 7 heteroatoms. The fourth-order valence-electron chi connectivity index (χ4n) is 2.62. The van der Waals surface area contributed by atoms with Gasteiger partial charge in [0.05, 0.1) is 23.4 Å². The van der Waals surface area contributed by atoms with Gasteiger partial charge in [-0.15, -0.1) is 11.3 Å². The first-order chi connectivity index (χ1) is 10.1. The predicted molar refractivity (Wildman–Crippen MR) is 83.8 cm³/mol. The Morgan fingerprint density at radius 3 is 3.00 bits per heavy atom. The van der Waals surface area contributed by atoms with E-state index in [1.54, 1.807) is 18.4 Å². The van der Waals surface area contributed by atoms with Crippen molar-refractivity contribution >= 4 is 17.4 Å². The summed E-state index contributed by atoms with van der Waals surface area (Å²) in [4.78, 5) is 19.6. The fraction of sp³-hybridized carbons (Fsp3) is 0.714. The van der Waals surface area contributed by atoms with Gasteiger partial charge in [0.2, 0.25) is 0 Å². The molecule has 0 unspecified atom stereocenters. The molecule has 6 nitrogen and oxygen atoms in total. The molecule has 21 heavy (non-hydrogen) atoms. The van der Waals surface area contributed by atoms with Crippen LogP contribution >= 0.6 is 11.3 Å². The minimum absolute atomic E-state index is 0.0455. The molecule has 2 rings (SSSR count). The third-order valence-corrected chi connectivity index (χ3v) is 4.79. The molecule has 2 atom stereocenters. The van der Waals surface area contributed by atoms with Crippen LogP contribution in [-0.2, 0) is 11.2 Å². The molecule has 2 amide bonds. The number of ether oxygens (including phenoxy) is 1. The summed E-state index contributed by atoms with van der Waals surface area (Å²) in [6, 6.07) is -0.0752. The second-order valence-corrected chi connectivity index (χ2v) is 6.19. The van der Waals surface area contributed by atoms with Crippen LogP contribution in [0.5, 0.6) is 0 Å². The van der Waals surface area contributed by atoms with Gasteiger partial charge in [-0.3, -0.25) is 4.90 Å². The Bertz CT molecular complexity index is 466. The highest BCUT2D eigenvalue weighted by Crippen LogP contribution is 2.17. The maximum Gasteiger partial charge on any atom is 0.315 e. The lowest BCUT2D eigenvalue weighted by Gasteiger charge is -2.18. The van der Waals surface area contributed by atoms with E-state index in [0.717, 1.165) is 31.7 Å².